The Hall–Kier alpha value is -6.98. The summed E-state index contributed by atoms with van der Waals surface area (Å²) < 4.78 is 41.1. The van der Waals surface area contributed by atoms with E-state index < -0.39 is 84.2 Å². The van der Waals surface area contributed by atoms with Crippen LogP contribution in [0.5, 0.6) is 0 Å². The van der Waals surface area contributed by atoms with E-state index >= 15 is 0 Å². The van der Waals surface area contributed by atoms with Gasteiger partial charge in [-0.2, -0.15) is 8.78 Å². The van der Waals surface area contributed by atoms with Crippen LogP contribution in [-0.2, 0) is 63.2 Å². The number of amides is 7. The minimum atomic E-state index is -5.86. The van der Waals surface area contributed by atoms with Gasteiger partial charge in [-0.05, 0) is 103 Å². The fourth-order valence-electron chi connectivity index (χ4n) is 12.4. The Labute approximate surface area is 483 Å². The SMILES string of the molecule is NC(=O)CC[C@H](NC(=O)[C@@H]1Cc2cccc3c2N1C(=O)[C@@H](NC(=O)c1cc2cc(C(F)(F)P(=O)(O)O)ccc2s1)CC3)C(=O)C[C@@H](CC1CCCCC1)C(=O)CCCCCCCCC#Cc1cccc2c1CN(C1CCC(=O)NC1=O)C2=O. The van der Waals surface area contributed by atoms with Gasteiger partial charge in [0.1, 0.15) is 23.9 Å². The molecule has 0 spiro atoms. The molecule has 1 unspecified atom stereocenters. The Morgan fingerprint density at radius 3 is 2.34 bits per heavy atom. The number of anilines is 1. The van der Waals surface area contributed by atoms with Crippen molar-refractivity contribution in [3.05, 3.63) is 98.9 Å². The fraction of sp³-hybridized carbons (Fsp3) is 0.492. The molecule has 7 N–H and O–H groups in total. The summed E-state index contributed by atoms with van der Waals surface area (Å²) in [5.41, 5.74) is 4.22. The molecule has 4 aliphatic heterocycles. The molecule has 1 saturated carbocycles. The smallest absolute Gasteiger partial charge is 0.370 e. The van der Waals surface area contributed by atoms with Gasteiger partial charge < -0.3 is 31.1 Å². The Morgan fingerprint density at radius 2 is 1.59 bits per heavy atom. The Balaban J connectivity index is 0.791. The third kappa shape index (κ3) is 14.0. The topological polar surface area (TPSA) is 280 Å². The average Bonchev–Trinajstić information content (AvgIpc) is 4.27. The summed E-state index contributed by atoms with van der Waals surface area (Å²) in [6, 6.07) is 10.9. The molecule has 1 aliphatic carbocycles. The zero-order valence-corrected chi connectivity index (χ0v) is 47.8. The van der Waals surface area contributed by atoms with Crippen LogP contribution in [0.25, 0.3) is 10.1 Å². The number of para-hydroxylation sites is 1. The number of carbonyl (C=O) groups excluding carboxylic acids is 9. The van der Waals surface area contributed by atoms with E-state index in [1.54, 1.807) is 18.2 Å². The quantitative estimate of drug-likeness (QED) is 0.0169. The van der Waals surface area contributed by atoms with Crippen LogP contribution in [0.1, 0.15) is 176 Å². The van der Waals surface area contributed by atoms with Crippen molar-refractivity contribution in [2.24, 2.45) is 17.6 Å². The summed E-state index contributed by atoms with van der Waals surface area (Å²) in [6.07, 6.45) is 12.2. The number of nitrogens with zero attached hydrogens (tertiary/aromatic N) is 2. The molecule has 1 aromatic heterocycles. The molecule has 440 valence electrons. The largest absolute Gasteiger partial charge is 0.399 e. The number of nitrogens with two attached hydrogens (primary N) is 1. The standard InChI is InChI=1S/C61H69F2N6O12PS/c62-61(63,82(79,80)81)42-23-27-51-41(31-42)34-52(83-51)58(76)66-46-24-22-38-18-12-19-39-32-48(69(55(38)39)60(46)78)57(75)65-45(25-28-53(64)72)50(71)33-40(30-36-14-8-7-9-15-36)49(70)21-11-6-4-2-1-3-5-10-16-37-17-13-20-43-44(37)35-68(59(43)77)47-26-29-54(73)67-56(47)74/h12-13,17-20,23,27,31,34,36,40,45-48H,1-9,11,14-15,21-22,24-26,28-30,32-33,35H2,(H2,64,72)(H,65,75)(H,66,76)(H,67,73,74)(H2,79,80,81)/t40-,45+,46+,47?,48+/m1/s1. The number of unbranched alkanes of at least 4 members (excludes halogenated alkanes) is 6. The zero-order chi connectivity index (χ0) is 59.2. The van der Waals surface area contributed by atoms with E-state index in [0.29, 0.717) is 53.6 Å². The van der Waals surface area contributed by atoms with Crippen LogP contribution in [0.4, 0.5) is 14.5 Å². The number of benzene rings is 3. The molecule has 9 rings (SSSR count). The zero-order valence-electron chi connectivity index (χ0n) is 46.1. The first-order chi connectivity index (χ1) is 39.7. The monoisotopic (exact) mass is 1180 g/mol. The lowest BCUT2D eigenvalue weighted by Gasteiger charge is -2.30. The molecular weight excluding hydrogens is 1110 g/mol. The van der Waals surface area contributed by atoms with Gasteiger partial charge in [0.15, 0.2) is 5.78 Å². The summed E-state index contributed by atoms with van der Waals surface area (Å²) in [4.78, 5) is 143. The summed E-state index contributed by atoms with van der Waals surface area (Å²) in [7, 11) is -5.86. The van der Waals surface area contributed by atoms with Crippen LogP contribution in [0.3, 0.4) is 0 Å². The maximum atomic E-state index is 14.6. The van der Waals surface area contributed by atoms with Gasteiger partial charge in [-0.25, -0.2) is 0 Å². The number of hydrogen-bond donors (Lipinski definition) is 6. The highest BCUT2D eigenvalue weighted by molar-refractivity contribution is 7.52. The number of thiophene rings is 1. The molecule has 18 nitrogen and oxygen atoms in total. The molecule has 5 atom stereocenters. The maximum absolute atomic E-state index is 14.6. The summed E-state index contributed by atoms with van der Waals surface area (Å²) in [6.45, 7) is 0.257. The molecule has 4 aromatic rings. The summed E-state index contributed by atoms with van der Waals surface area (Å²) >= 11 is 0.934. The molecule has 3 aromatic carbocycles. The molecular formula is C61H69F2N6O12PS. The van der Waals surface area contributed by atoms with Gasteiger partial charge in [-0.3, -0.25) is 57.9 Å². The van der Waals surface area contributed by atoms with E-state index in [1.807, 2.05) is 18.2 Å². The molecule has 5 aliphatic rings. The summed E-state index contributed by atoms with van der Waals surface area (Å²) in [5.74, 6) is 2.00. The lowest BCUT2D eigenvalue weighted by atomic mass is 9.78. The van der Waals surface area contributed by atoms with E-state index in [-0.39, 0.29) is 85.3 Å². The van der Waals surface area contributed by atoms with Crippen molar-refractivity contribution in [2.75, 3.05) is 4.90 Å². The fourth-order valence-corrected chi connectivity index (χ4v) is 13.8. The van der Waals surface area contributed by atoms with Gasteiger partial charge in [-0.15, -0.1) is 11.3 Å². The summed E-state index contributed by atoms with van der Waals surface area (Å²) in [5, 5.41) is 8.08. The Bertz CT molecular complexity index is 3340. The third-order valence-electron chi connectivity index (χ3n) is 16.9. The van der Waals surface area contributed by atoms with Crippen molar-refractivity contribution in [3.63, 3.8) is 0 Å². The number of ketones is 2. The van der Waals surface area contributed by atoms with Gasteiger partial charge in [0.25, 0.3) is 11.8 Å². The second kappa shape index (κ2) is 26.3. The third-order valence-corrected chi connectivity index (χ3v) is 19.0. The van der Waals surface area contributed by atoms with Gasteiger partial charge in [0.05, 0.1) is 16.6 Å². The highest BCUT2D eigenvalue weighted by Gasteiger charge is 2.51. The van der Waals surface area contributed by atoms with E-state index in [1.165, 1.54) is 21.9 Å². The van der Waals surface area contributed by atoms with Crippen LogP contribution < -0.4 is 26.6 Å². The Kier molecular flexibility index (Phi) is 19.2. The molecule has 0 bridgehead atoms. The number of halogens is 2. The highest BCUT2D eigenvalue weighted by Crippen LogP contribution is 2.59. The van der Waals surface area contributed by atoms with Gasteiger partial charge in [-0.1, -0.05) is 100.0 Å². The van der Waals surface area contributed by atoms with Crippen molar-refractivity contribution in [2.45, 2.75) is 178 Å². The average molecular weight is 1180 g/mol. The van der Waals surface area contributed by atoms with Crippen LogP contribution in [0, 0.1) is 23.7 Å². The molecule has 2 fully saturated rings. The first-order valence-corrected chi connectivity index (χ1v) is 31.2. The van der Waals surface area contributed by atoms with Crippen molar-refractivity contribution >= 4 is 87.6 Å². The van der Waals surface area contributed by atoms with E-state index in [9.17, 15) is 66.3 Å². The first-order valence-electron chi connectivity index (χ1n) is 28.8. The predicted molar refractivity (Wildman–Crippen MR) is 305 cm³/mol. The number of fused-ring (bicyclic) bond motifs is 2. The number of piperidine rings is 1. The normalized spacial score (nSPS) is 19.7. The molecule has 5 heterocycles. The highest BCUT2D eigenvalue weighted by atomic mass is 32.1. The van der Waals surface area contributed by atoms with E-state index in [4.69, 9.17) is 5.73 Å². The van der Waals surface area contributed by atoms with Crippen LogP contribution in [0.15, 0.2) is 60.7 Å². The van der Waals surface area contributed by atoms with E-state index in [0.717, 1.165) is 104 Å². The van der Waals surface area contributed by atoms with Gasteiger partial charge in [0.2, 0.25) is 29.5 Å². The number of alkyl halides is 2. The van der Waals surface area contributed by atoms with Gasteiger partial charge >= 0.3 is 13.3 Å². The second-order valence-corrected chi connectivity index (χ2v) is 25.4. The van der Waals surface area contributed by atoms with Crippen molar-refractivity contribution < 1.29 is 66.3 Å². The lowest BCUT2D eigenvalue weighted by molar-refractivity contribution is -0.137. The van der Waals surface area contributed by atoms with Crippen LogP contribution in [0.2, 0.25) is 0 Å². The predicted octanol–water partition coefficient (Wildman–Crippen LogP) is 7.93. The molecule has 22 heteroatoms. The minimum Gasteiger partial charge on any atom is -0.370 e. The molecule has 1 saturated heterocycles. The number of carbonyl (C=O) groups is 9. The second-order valence-electron chi connectivity index (χ2n) is 22.7. The van der Waals surface area contributed by atoms with Crippen molar-refractivity contribution in [1.82, 2.24) is 20.9 Å². The number of aryl methyl sites for hydroxylation is 1. The molecule has 0 radical (unpaired) electrons. The van der Waals surface area contributed by atoms with Crippen molar-refractivity contribution in [1.29, 1.82) is 0 Å². The van der Waals surface area contributed by atoms with Crippen LogP contribution >= 0.6 is 18.9 Å². The number of imide groups is 1. The van der Waals surface area contributed by atoms with E-state index in [2.05, 4.69) is 27.8 Å². The van der Waals surface area contributed by atoms with Gasteiger partial charge in [0, 0.05) is 72.4 Å². The number of hydrogen-bond acceptors (Lipinski definition) is 11. The number of primary amides is 1. The maximum Gasteiger partial charge on any atom is 0.399 e. The van der Waals surface area contributed by atoms with Crippen molar-refractivity contribution in [3.8, 4) is 11.8 Å². The Morgan fingerprint density at radius 1 is 0.855 bits per heavy atom. The number of Topliss-reactive ketones (excluding diaryl/α,β-unsaturated/α-hetero) is 2. The molecule has 83 heavy (non-hydrogen) atoms. The minimum absolute atomic E-state index is 0.0163. The number of nitrogens with one attached hydrogen (secondary N) is 3. The van der Waals surface area contributed by atoms with Crippen LogP contribution in [-0.4, -0.2) is 91.8 Å². The lowest BCUT2D eigenvalue weighted by Crippen LogP contribution is -2.56. The molecule has 7 amide bonds. The number of rotatable bonds is 24. The first kappa shape index (κ1) is 60.6.